The van der Waals surface area contributed by atoms with E-state index in [1.54, 1.807) is 26.2 Å². The highest BCUT2D eigenvalue weighted by Gasteiger charge is 2.08. The molecule has 19 heavy (non-hydrogen) atoms. The maximum absolute atomic E-state index is 13.3. The van der Waals surface area contributed by atoms with Gasteiger partial charge in [0.1, 0.15) is 5.82 Å². The molecular formula is C14H18FN3O. The summed E-state index contributed by atoms with van der Waals surface area (Å²) in [5.41, 5.74) is 2.41. The van der Waals surface area contributed by atoms with Crippen LogP contribution in [0.4, 0.5) is 10.3 Å². The molecule has 0 radical (unpaired) electrons. The van der Waals surface area contributed by atoms with Gasteiger partial charge in [-0.3, -0.25) is 4.57 Å². The lowest BCUT2D eigenvalue weighted by Crippen LogP contribution is -2.11. The van der Waals surface area contributed by atoms with Crippen LogP contribution in [-0.4, -0.2) is 29.8 Å². The largest absolute Gasteiger partial charge is 0.383 e. The SMILES string of the molecule is COCCNc1nc(C)cn1-c1ccc(F)c(C)c1. The van der Waals surface area contributed by atoms with Crippen molar-refractivity contribution in [3.63, 3.8) is 0 Å². The molecule has 2 rings (SSSR count). The number of nitrogens with zero attached hydrogens (tertiary/aromatic N) is 2. The highest BCUT2D eigenvalue weighted by Crippen LogP contribution is 2.19. The Bertz CT molecular complexity index is 566. The monoisotopic (exact) mass is 263 g/mol. The Morgan fingerprint density at radius 1 is 1.37 bits per heavy atom. The first-order chi connectivity index (χ1) is 9.11. The predicted molar refractivity (Wildman–Crippen MR) is 73.4 cm³/mol. The molecule has 0 aliphatic carbocycles. The van der Waals surface area contributed by atoms with Crippen molar-refractivity contribution in [3.05, 3.63) is 41.5 Å². The third-order valence-electron chi connectivity index (χ3n) is 2.84. The first-order valence-corrected chi connectivity index (χ1v) is 6.17. The summed E-state index contributed by atoms with van der Waals surface area (Å²) in [4.78, 5) is 4.41. The Morgan fingerprint density at radius 3 is 2.84 bits per heavy atom. The minimum absolute atomic E-state index is 0.200. The van der Waals surface area contributed by atoms with Gasteiger partial charge in [0.15, 0.2) is 0 Å². The summed E-state index contributed by atoms with van der Waals surface area (Å²) >= 11 is 0. The van der Waals surface area contributed by atoms with Crippen LogP contribution in [0, 0.1) is 19.7 Å². The van der Waals surface area contributed by atoms with Crippen LogP contribution < -0.4 is 5.32 Å². The van der Waals surface area contributed by atoms with E-state index >= 15 is 0 Å². The van der Waals surface area contributed by atoms with Crippen LogP contribution >= 0.6 is 0 Å². The number of aromatic nitrogens is 2. The van der Waals surface area contributed by atoms with Crippen LogP contribution in [0.1, 0.15) is 11.3 Å². The van der Waals surface area contributed by atoms with E-state index in [0.717, 1.165) is 17.3 Å². The molecule has 0 amide bonds. The van der Waals surface area contributed by atoms with Crippen molar-refractivity contribution in [1.29, 1.82) is 0 Å². The first kappa shape index (κ1) is 13.5. The van der Waals surface area contributed by atoms with E-state index in [4.69, 9.17) is 4.74 Å². The highest BCUT2D eigenvalue weighted by molar-refractivity contribution is 5.44. The normalized spacial score (nSPS) is 10.7. The van der Waals surface area contributed by atoms with E-state index in [2.05, 4.69) is 10.3 Å². The fraction of sp³-hybridized carbons (Fsp3) is 0.357. The lowest BCUT2D eigenvalue weighted by Gasteiger charge is -2.10. The van der Waals surface area contributed by atoms with Crippen LogP contribution in [0.2, 0.25) is 0 Å². The highest BCUT2D eigenvalue weighted by atomic mass is 19.1. The number of rotatable bonds is 5. The van der Waals surface area contributed by atoms with Gasteiger partial charge in [-0.05, 0) is 37.6 Å². The third kappa shape index (κ3) is 3.12. The molecular weight excluding hydrogens is 245 g/mol. The quantitative estimate of drug-likeness (QED) is 0.843. The van der Waals surface area contributed by atoms with Crippen LogP contribution in [0.3, 0.4) is 0 Å². The van der Waals surface area contributed by atoms with E-state index in [1.807, 2.05) is 17.7 Å². The number of anilines is 1. The number of ether oxygens (including phenoxy) is 1. The second kappa shape index (κ2) is 5.84. The molecule has 0 bridgehead atoms. The van der Waals surface area contributed by atoms with Gasteiger partial charge in [0.2, 0.25) is 5.95 Å². The second-order valence-electron chi connectivity index (χ2n) is 4.43. The van der Waals surface area contributed by atoms with Gasteiger partial charge >= 0.3 is 0 Å². The van der Waals surface area contributed by atoms with Crippen molar-refractivity contribution in [2.45, 2.75) is 13.8 Å². The van der Waals surface area contributed by atoms with Gasteiger partial charge in [0, 0.05) is 25.5 Å². The molecule has 4 nitrogen and oxygen atoms in total. The van der Waals surface area contributed by atoms with Gasteiger partial charge < -0.3 is 10.1 Å². The van der Waals surface area contributed by atoms with Gasteiger partial charge in [0.25, 0.3) is 0 Å². The fourth-order valence-electron chi connectivity index (χ4n) is 1.86. The van der Waals surface area contributed by atoms with E-state index < -0.39 is 0 Å². The lowest BCUT2D eigenvalue weighted by molar-refractivity contribution is 0.210. The van der Waals surface area contributed by atoms with E-state index in [-0.39, 0.29) is 5.82 Å². The van der Waals surface area contributed by atoms with Crippen molar-refractivity contribution in [2.24, 2.45) is 0 Å². The number of hydrogen-bond donors (Lipinski definition) is 1. The molecule has 1 heterocycles. The van der Waals surface area contributed by atoms with E-state index in [1.165, 1.54) is 6.07 Å². The second-order valence-corrected chi connectivity index (χ2v) is 4.43. The molecule has 5 heteroatoms. The Balaban J connectivity index is 2.29. The number of methoxy groups -OCH3 is 1. The molecule has 0 aliphatic rings. The summed E-state index contributed by atoms with van der Waals surface area (Å²) in [6.07, 6.45) is 1.92. The van der Waals surface area contributed by atoms with Gasteiger partial charge in [-0.25, -0.2) is 9.37 Å². The number of imidazole rings is 1. The molecule has 1 N–H and O–H groups in total. The number of nitrogens with one attached hydrogen (secondary N) is 1. The molecule has 0 atom stereocenters. The van der Waals surface area contributed by atoms with Crippen LogP contribution in [0.15, 0.2) is 24.4 Å². The predicted octanol–water partition coefficient (Wildman–Crippen LogP) is 2.69. The van der Waals surface area contributed by atoms with Crippen LogP contribution in [0.5, 0.6) is 0 Å². The molecule has 0 aliphatic heterocycles. The maximum Gasteiger partial charge on any atom is 0.207 e. The Morgan fingerprint density at radius 2 is 2.16 bits per heavy atom. The summed E-state index contributed by atoms with van der Waals surface area (Å²) in [7, 11) is 1.66. The lowest BCUT2D eigenvalue weighted by atomic mass is 10.2. The summed E-state index contributed by atoms with van der Waals surface area (Å²) in [6.45, 7) is 4.95. The Kier molecular flexibility index (Phi) is 4.16. The maximum atomic E-state index is 13.3. The number of halogens is 1. The zero-order valence-corrected chi connectivity index (χ0v) is 11.4. The zero-order chi connectivity index (χ0) is 13.8. The average Bonchev–Trinajstić information content (AvgIpc) is 2.74. The third-order valence-corrected chi connectivity index (χ3v) is 2.84. The molecule has 0 spiro atoms. The zero-order valence-electron chi connectivity index (χ0n) is 11.4. The molecule has 1 aromatic carbocycles. The molecule has 0 saturated carbocycles. The number of hydrogen-bond acceptors (Lipinski definition) is 3. The summed E-state index contributed by atoms with van der Waals surface area (Å²) in [5, 5.41) is 3.20. The molecule has 2 aromatic rings. The molecule has 1 aromatic heterocycles. The standard InChI is InChI=1S/C14H18FN3O/c1-10-8-12(4-5-13(10)15)18-9-11(2)17-14(18)16-6-7-19-3/h4-5,8-9H,6-7H2,1-3H3,(H,16,17). The Labute approximate surface area is 112 Å². The number of aryl methyl sites for hydroxylation is 2. The summed E-state index contributed by atoms with van der Waals surface area (Å²) in [5.74, 6) is 0.537. The minimum Gasteiger partial charge on any atom is -0.383 e. The van der Waals surface area contributed by atoms with Crippen molar-refractivity contribution in [3.8, 4) is 5.69 Å². The minimum atomic E-state index is -0.200. The van der Waals surface area contributed by atoms with E-state index in [0.29, 0.717) is 18.7 Å². The van der Waals surface area contributed by atoms with Crippen molar-refractivity contribution >= 4 is 5.95 Å². The first-order valence-electron chi connectivity index (χ1n) is 6.17. The molecule has 102 valence electrons. The number of benzene rings is 1. The molecule has 0 saturated heterocycles. The van der Waals surface area contributed by atoms with E-state index in [9.17, 15) is 4.39 Å². The van der Waals surface area contributed by atoms with Gasteiger partial charge in [0.05, 0.1) is 12.3 Å². The van der Waals surface area contributed by atoms with Crippen molar-refractivity contribution in [1.82, 2.24) is 9.55 Å². The summed E-state index contributed by atoms with van der Waals surface area (Å²) < 4.78 is 20.2. The average molecular weight is 263 g/mol. The van der Waals surface area contributed by atoms with Crippen molar-refractivity contribution in [2.75, 3.05) is 25.6 Å². The van der Waals surface area contributed by atoms with Crippen LogP contribution in [-0.2, 0) is 4.74 Å². The fourth-order valence-corrected chi connectivity index (χ4v) is 1.86. The molecule has 0 fully saturated rings. The Hall–Kier alpha value is -1.88. The topological polar surface area (TPSA) is 39.1 Å². The van der Waals surface area contributed by atoms with Gasteiger partial charge in [-0.1, -0.05) is 0 Å². The molecule has 0 unspecified atom stereocenters. The van der Waals surface area contributed by atoms with Crippen LogP contribution in [0.25, 0.3) is 5.69 Å². The van der Waals surface area contributed by atoms with Gasteiger partial charge in [-0.15, -0.1) is 0 Å². The van der Waals surface area contributed by atoms with Gasteiger partial charge in [-0.2, -0.15) is 0 Å². The summed E-state index contributed by atoms with van der Waals surface area (Å²) in [6, 6.07) is 5.02. The van der Waals surface area contributed by atoms with Crippen molar-refractivity contribution < 1.29 is 9.13 Å². The smallest absolute Gasteiger partial charge is 0.207 e.